The minimum atomic E-state index is 0.121. The summed E-state index contributed by atoms with van der Waals surface area (Å²) >= 11 is 6.43. The van der Waals surface area contributed by atoms with E-state index >= 15 is 0 Å². The molecule has 0 saturated carbocycles. The lowest BCUT2D eigenvalue weighted by Crippen LogP contribution is -2.66. The second-order valence-corrected chi connectivity index (χ2v) is 6.33. The number of fused-ring (bicyclic) bond motifs is 3. The molecule has 4 rings (SSSR count). The molecule has 0 aliphatic carbocycles. The summed E-state index contributed by atoms with van der Waals surface area (Å²) in [6.07, 6.45) is 1.67. The lowest BCUT2D eigenvalue weighted by molar-refractivity contribution is 0.00237. The summed E-state index contributed by atoms with van der Waals surface area (Å²) in [6.45, 7) is 7.86. The normalized spacial score (nSPS) is 30.7. The number of piperazine rings is 3. The smallest absolute Gasteiger partial charge is 0.0850 e. The Hall–Kier alpha value is -0.620. The van der Waals surface area contributed by atoms with Gasteiger partial charge in [0.1, 0.15) is 0 Å². The molecule has 2 N–H and O–H groups in total. The highest BCUT2D eigenvalue weighted by Gasteiger charge is 2.35. The third-order valence-electron chi connectivity index (χ3n) is 4.75. The number of hydrogen-bond acceptors (Lipinski definition) is 4. The Labute approximate surface area is 125 Å². The van der Waals surface area contributed by atoms with Gasteiger partial charge in [0.05, 0.1) is 16.4 Å². The summed E-state index contributed by atoms with van der Waals surface area (Å²) in [5.41, 5.74) is 8.54. The number of hydrogen-bond donors (Lipinski definition) is 1. The number of nitrogens with zero attached hydrogens (tertiary/aromatic N) is 4. The summed E-state index contributed by atoms with van der Waals surface area (Å²) in [7, 11) is 1.96. The van der Waals surface area contributed by atoms with E-state index in [0.29, 0.717) is 6.04 Å². The molecule has 2 bridgehead atoms. The van der Waals surface area contributed by atoms with E-state index in [4.69, 9.17) is 17.3 Å². The second-order valence-electron chi connectivity index (χ2n) is 5.96. The van der Waals surface area contributed by atoms with Gasteiger partial charge < -0.3 is 5.73 Å². The molecule has 1 aromatic heterocycles. The average molecular weight is 298 g/mol. The van der Waals surface area contributed by atoms with Gasteiger partial charge in [0.15, 0.2) is 0 Å². The minimum absolute atomic E-state index is 0.121. The highest BCUT2D eigenvalue weighted by molar-refractivity contribution is 6.31. The molecular formula is C14H24ClN5. The summed E-state index contributed by atoms with van der Waals surface area (Å²) in [5.74, 6) is 0. The molecule has 112 valence electrons. The van der Waals surface area contributed by atoms with Crippen molar-refractivity contribution in [3.05, 3.63) is 16.4 Å². The van der Waals surface area contributed by atoms with Gasteiger partial charge >= 0.3 is 0 Å². The van der Waals surface area contributed by atoms with Gasteiger partial charge in [-0.2, -0.15) is 5.10 Å². The van der Waals surface area contributed by atoms with Gasteiger partial charge in [-0.3, -0.25) is 14.5 Å². The molecular weight excluding hydrogens is 274 g/mol. The van der Waals surface area contributed by atoms with Crippen molar-refractivity contribution in [1.82, 2.24) is 19.6 Å². The fourth-order valence-corrected chi connectivity index (χ4v) is 3.84. The molecule has 20 heavy (non-hydrogen) atoms. The van der Waals surface area contributed by atoms with Gasteiger partial charge in [0, 0.05) is 58.3 Å². The first-order chi connectivity index (χ1) is 9.60. The van der Waals surface area contributed by atoms with Crippen molar-refractivity contribution in [2.75, 3.05) is 32.7 Å². The van der Waals surface area contributed by atoms with Gasteiger partial charge in [-0.25, -0.2) is 0 Å². The first kappa shape index (κ1) is 14.3. The third kappa shape index (κ3) is 2.48. The number of aryl methyl sites for hydroxylation is 2. The summed E-state index contributed by atoms with van der Waals surface area (Å²) in [5, 5.41) is 5.29. The van der Waals surface area contributed by atoms with E-state index in [0.717, 1.165) is 48.9 Å². The molecule has 3 aliphatic rings. The van der Waals surface area contributed by atoms with Crippen LogP contribution in [-0.4, -0.2) is 64.4 Å². The van der Waals surface area contributed by atoms with Crippen molar-refractivity contribution in [3.63, 3.8) is 0 Å². The van der Waals surface area contributed by atoms with Crippen LogP contribution in [0, 0.1) is 0 Å². The Kier molecular flexibility index (Phi) is 4.04. The molecule has 2 unspecified atom stereocenters. The Morgan fingerprint density at radius 3 is 2.55 bits per heavy atom. The quantitative estimate of drug-likeness (QED) is 0.880. The van der Waals surface area contributed by atoms with Crippen LogP contribution in [0.1, 0.15) is 18.3 Å². The van der Waals surface area contributed by atoms with Crippen LogP contribution < -0.4 is 5.73 Å². The molecule has 0 spiro atoms. The predicted molar refractivity (Wildman–Crippen MR) is 81.1 cm³/mol. The van der Waals surface area contributed by atoms with Crippen LogP contribution in [0.2, 0.25) is 5.02 Å². The molecule has 0 amide bonds. The third-order valence-corrected chi connectivity index (χ3v) is 5.18. The van der Waals surface area contributed by atoms with Crippen molar-refractivity contribution in [2.45, 2.75) is 31.8 Å². The molecule has 5 nitrogen and oxygen atoms in total. The Morgan fingerprint density at radius 2 is 2.05 bits per heavy atom. The molecule has 2 atom stereocenters. The topological polar surface area (TPSA) is 50.3 Å². The molecule has 1 aromatic rings. The highest BCUT2D eigenvalue weighted by Crippen LogP contribution is 2.24. The van der Waals surface area contributed by atoms with Crippen LogP contribution in [0.25, 0.3) is 0 Å². The zero-order chi connectivity index (χ0) is 14.3. The van der Waals surface area contributed by atoms with Crippen molar-refractivity contribution < 1.29 is 0 Å². The summed E-state index contributed by atoms with van der Waals surface area (Å²) < 4.78 is 1.90. The largest absolute Gasteiger partial charge is 0.326 e. The lowest BCUT2D eigenvalue weighted by Gasteiger charge is -2.49. The number of aromatic nitrogens is 2. The van der Waals surface area contributed by atoms with E-state index < -0.39 is 0 Å². The fourth-order valence-electron chi connectivity index (χ4n) is 3.46. The molecule has 3 fully saturated rings. The molecule has 6 heteroatoms. The first-order valence-corrected chi connectivity index (χ1v) is 7.90. The average Bonchev–Trinajstić information content (AvgIpc) is 2.75. The van der Waals surface area contributed by atoms with E-state index in [1.165, 1.54) is 13.1 Å². The van der Waals surface area contributed by atoms with E-state index in [1.807, 2.05) is 11.7 Å². The first-order valence-electron chi connectivity index (χ1n) is 7.52. The maximum atomic E-state index is 6.49. The SMILES string of the molecule is CCc1nn(C)c(CC(N)C2CN3CCN2CC3)c1Cl. The molecule has 0 radical (unpaired) electrons. The van der Waals surface area contributed by atoms with Crippen molar-refractivity contribution in [3.8, 4) is 0 Å². The molecule has 4 heterocycles. The number of nitrogens with two attached hydrogens (primary N) is 1. The van der Waals surface area contributed by atoms with E-state index in [2.05, 4.69) is 21.8 Å². The molecule has 0 aromatic carbocycles. The van der Waals surface area contributed by atoms with Crippen LogP contribution in [-0.2, 0) is 19.9 Å². The van der Waals surface area contributed by atoms with Gasteiger partial charge in [-0.05, 0) is 6.42 Å². The van der Waals surface area contributed by atoms with Crippen LogP contribution >= 0.6 is 11.6 Å². The maximum absolute atomic E-state index is 6.49. The van der Waals surface area contributed by atoms with E-state index in [-0.39, 0.29) is 6.04 Å². The Balaban J connectivity index is 1.73. The Bertz CT molecular complexity index is 478. The van der Waals surface area contributed by atoms with Crippen LogP contribution in [0.4, 0.5) is 0 Å². The van der Waals surface area contributed by atoms with Crippen molar-refractivity contribution in [1.29, 1.82) is 0 Å². The van der Waals surface area contributed by atoms with E-state index in [9.17, 15) is 0 Å². The lowest BCUT2D eigenvalue weighted by atomic mass is 9.97. The van der Waals surface area contributed by atoms with Crippen LogP contribution in [0.3, 0.4) is 0 Å². The van der Waals surface area contributed by atoms with Gasteiger partial charge in [-0.15, -0.1) is 0 Å². The number of rotatable bonds is 4. The van der Waals surface area contributed by atoms with Gasteiger partial charge in [-0.1, -0.05) is 18.5 Å². The van der Waals surface area contributed by atoms with Crippen LogP contribution in [0.15, 0.2) is 0 Å². The molecule has 3 saturated heterocycles. The minimum Gasteiger partial charge on any atom is -0.326 e. The summed E-state index contributed by atoms with van der Waals surface area (Å²) in [6, 6.07) is 0.573. The highest BCUT2D eigenvalue weighted by atomic mass is 35.5. The molecule has 3 aliphatic heterocycles. The van der Waals surface area contributed by atoms with Crippen molar-refractivity contribution >= 4 is 11.6 Å². The standard InChI is InChI=1S/C14H24ClN5/c1-3-11-14(15)12(18(2)17-11)8-10(16)13-9-19-4-6-20(13)7-5-19/h10,13H,3-9,16H2,1-2H3. The predicted octanol–water partition coefficient (Wildman–Crippen LogP) is 0.506. The monoisotopic (exact) mass is 297 g/mol. The number of halogens is 1. The zero-order valence-corrected chi connectivity index (χ0v) is 13.1. The maximum Gasteiger partial charge on any atom is 0.0850 e. The van der Waals surface area contributed by atoms with Gasteiger partial charge in [0.25, 0.3) is 0 Å². The van der Waals surface area contributed by atoms with Crippen LogP contribution in [0.5, 0.6) is 0 Å². The van der Waals surface area contributed by atoms with E-state index in [1.54, 1.807) is 0 Å². The van der Waals surface area contributed by atoms with Crippen molar-refractivity contribution in [2.24, 2.45) is 12.8 Å². The fraction of sp³-hybridized carbons (Fsp3) is 0.786. The summed E-state index contributed by atoms with van der Waals surface area (Å²) in [4.78, 5) is 5.06. The second kappa shape index (κ2) is 5.64. The zero-order valence-electron chi connectivity index (χ0n) is 12.3. The van der Waals surface area contributed by atoms with Gasteiger partial charge in [0.2, 0.25) is 0 Å². The Morgan fingerprint density at radius 1 is 1.35 bits per heavy atom.